The Morgan fingerprint density at radius 3 is 2.78 bits per heavy atom. The Morgan fingerprint density at radius 2 is 2.06 bits per heavy atom. The van der Waals surface area contributed by atoms with Crippen LogP contribution < -0.4 is 4.57 Å². The Balaban J connectivity index is 2.31. The highest BCUT2D eigenvalue weighted by molar-refractivity contribution is 5.76. The fourth-order valence-corrected chi connectivity index (χ4v) is 1.27. The van der Waals surface area contributed by atoms with Crippen molar-refractivity contribution in [2.45, 2.75) is 0 Å². The summed E-state index contributed by atoms with van der Waals surface area (Å²) in [6.07, 6.45) is 4.50. The molecule has 0 fully saturated rings. The third-order valence-electron chi connectivity index (χ3n) is 2.08. The number of hydrogen-bond donors (Lipinski definition) is 1. The summed E-state index contributed by atoms with van der Waals surface area (Å²) in [5, 5.41) is 11.1. The zero-order valence-corrected chi connectivity index (χ0v) is 9.29. The maximum Gasteiger partial charge on any atom is 0.235 e. The average molecular weight is 242 g/mol. The molecule has 0 saturated heterocycles. The second-order valence-electron chi connectivity index (χ2n) is 3.33. The lowest BCUT2D eigenvalue weighted by molar-refractivity contribution is -0.583. The first-order chi connectivity index (χ1) is 8.79. The minimum Gasteiger partial charge on any atom is -0.411 e. The van der Waals surface area contributed by atoms with Gasteiger partial charge in [0, 0.05) is 18.1 Å². The van der Waals surface area contributed by atoms with Gasteiger partial charge in [-0.1, -0.05) is 11.2 Å². The van der Waals surface area contributed by atoms with Gasteiger partial charge in [-0.05, 0) is 12.1 Å². The Hall–Kier alpha value is -2.74. The Kier molecular flexibility index (Phi) is 3.62. The Bertz CT molecular complexity index is 630. The minimum atomic E-state index is -0.564. The van der Waals surface area contributed by atoms with Crippen molar-refractivity contribution in [1.82, 2.24) is 4.98 Å². The number of pyridine rings is 2. The molecule has 18 heavy (non-hydrogen) atoms. The molecule has 0 aromatic carbocycles. The van der Waals surface area contributed by atoms with Gasteiger partial charge in [0.1, 0.15) is 11.4 Å². The van der Waals surface area contributed by atoms with E-state index in [2.05, 4.69) is 22.1 Å². The molecule has 2 aromatic rings. The summed E-state index contributed by atoms with van der Waals surface area (Å²) in [5.41, 5.74) is 0.338. The summed E-state index contributed by atoms with van der Waals surface area (Å²) in [6, 6.07) is 11.1. The monoisotopic (exact) mass is 242 g/mol. The molecule has 0 saturated carbocycles. The highest BCUT2D eigenvalue weighted by Crippen LogP contribution is 2.02. The molecule has 0 bridgehead atoms. The van der Waals surface area contributed by atoms with Crippen molar-refractivity contribution in [2.24, 2.45) is 5.16 Å². The maximum atomic E-state index is 13.2. The topological polar surface area (TPSA) is 49.4 Å². The van der Waals surface area contributed by atoms with Gasteiger partial charge in [-0.15, -0.1) is 4.57 Å². The summed E-state index contributed by atoms with van der Waals surface area (Å²) in [4.78, 5) is 3.91. The van der Waals surface area contributed by atoms with Gasteiger partial charge >= 0.3 is 0 Å². The van der Waals surface area contributed by atoms with Gasteiger partial charge in [0.25, 0.3) is 0 Å². The average Bonchev–Trinajstić information content (AvgIpc) is 2.41. The lowest BCUT2D eigenvalue weighted by Crippen LogP contribution is -2.25. The van der Waals surface area contributed by atoms with Crippen molar-refractivity contribution in [3.8, 4) is 12.0 Å². The van der Waals surface area contributed by atoms with E-state index in [-0.39, 0.29) is 5.69 Å². The molecule has 2 rings (SSSR count). The molecule has 0 atom stereocenters. The van der Waals surface area contributed by atoms with Crippen molar-refractivity contribution in [1.29, 1.82) is 0 Å². The molecule has 2 heterocycles. The number of rotatable bonds is 1. The van der Waals surface area contributed by atoms with Gasteiger partial charge in [-0.2, -0.15) is 0 Å². The predicted octanol–water partition coefficient (Wildman–Crippen LogP) is 1.17. The van der Waals surface area contributed by atoms with Crippen LogP contribution in [0, 0.1) is 17.8 Å². The van der Waals surface area contributed by atoms with E-state index >= 15 is 0 Å². The SMILES string of the molecule is O/N=C\c1nc(C#C[n+]2ccccc2)ccc1F. The zero-order chi connectivity index (χ0) is 12.8. The number of nitrogens with zero attached hydrogens (tertiary/aromatic N) is 3. The molecule has 0 aliphatic heterocycles. The zero-order valence-electron chi connectivity index (χ0n) is 9.29. The van der Waals surface area contributed by atoms with Crippen LogP contribution in [0.2, 0.25) is 0 Å². The number of halogens is 1. The predicted molar refractivity (Wildman–Crippen MR) is 62.5 cm³/mol. The van der Waals surface area contributed by atoms with Gasteiger partial charge in [-0.25, -0.2) is 9.37 Å². The Labute approximate surface area is 103 Å². The van der Waals surface area contributed by atoms with Crippen LogP contribution in [0.1, 0.15) is 11.4 Å². The molecule has 1 N–H and O–H groups in total. The summed E-state index contributed by atoms with van der Waals surface area (Å²) in [6.45, 7) is 0. The first-order valence-corrected chi connectivity index (χ1v) is 5.12. The molecule has 0 spiro atoms. The third kappa shape index (κ3) is 2.89. The number of hydrogen-bond acceptors (Lipinski definition) is 3. The number of oxime groups is 1. The van der Waals surface area contributed by atoms with E-state index in [0.29, 0.717) is 5.69 Å². The lowest BCUT2D eigenvalue weighted by Gasteiger charge is -1.94. The molecule has 0 amide bonds. The van der Waals surface area contributed by atoms with Gasteiger partial charge in [-0.3, -0.25) is 0 Å². The summed E-state index contributed by atoms with van der Waals surface area (Å²) in [7, 11) is 0. The first kappa shape index (κ1) is 11.7. The van der Waals surface area contributed by atoms with E-state index in [0.717, 1.165) is 6.21 Å². The summed E-state index contributed by atoms with van der Waals surface area (Å²) >= 11 is 0. The molecule has 2 aromatic heterocycles. The highest BCUT2D eigenvalue weighted by atomic mass is 19.1. The minimum absolute atomic E-state index is 0.0534. The van der Waals surface area contributed by atoms with Gasteiger partial charge < -0.3 is 5.21 Å². The fraction of sp³-hybridized carbons (Fsp3) is 0. The van der Waals surface area contributed by atoms with Crippen LogP contribution in [0.4, 0.5) is 4.39 Å². The van der Waals surface area contributed by atoms with Crippen molar-refractivity contribution in [3.05, 3.63) is 59.9 Å². The molecule has 0 radical (unpaired) electrons. The van der Waals surface area contributed by atoms with E-state index in [1.165, 1.54) is 12.1 Å². The second kappa shape index (κ2) is 5.55. The summed E-state index contributed by atoms with van der Waals surface area (Å²) < 4.78 is 14.9. The van der Waals surface area contributed by atoms with E-state index < -0.39 is 5.82 Å². The van der Waals surface area contributed by atoms with Crippen LogP contribution >= 0.6 is 0 Å². The molecule has 88 valence electrons. The highest BCUT2D eigenvalue weighted by Gasteiger charge is 2.02. The van der Waals surface area contributed by atoms with E-state index in [4.69, 9.17) is 5.21 Å². The number of aromatic nitrogens is 2. The molecule has 0 aliphatic rings. The van der Waals surface area contributed by atoms with Crippen molar-refractivity contribution < 1.29 is 14.2 Å². The largest absolute Gasteiger partial charge is 0.411 e. The van der Waals surface area contributed by atoms with Crippen LogP contribution in [0.5, 0.6) is 0 Å². The first-order valence-electron chi connectivity index (χ1n) is 5.12. The van der Waals surface area contributed by atoms with E-state index in [1.54, 1.807) is 17.0 Å². The van der Waals surface area contributed by atoms with Crippen LogP contribution in [0.15, 0.2) is 47.9 Å². The van der Waals surface area contributed by atoms with Gasteiger partial charge in [0.05, 0.1) is 6.21 Å². The maximum absolute atomic E-state index is 13.2. The summed E-state index contributed by atoms with van der Waals surface area (Å²) in [5.74, 6) is 2.21. The molecule has 5 heteroatoms. The third-order valence-corrected chi connectivity index (χ3v) is 2.08. The van der Waals surface area contributed by atoms with E-state index in [1.807, 2.05) is 18.2 Å². The standard InChI is InChI=1S/C13H8FN3O/c14-12-5-4-11(16-13(12)10-15-18)6-9-17-7-2-1-3-8-17/h1-5,7-8,10H/p+1/b15-10-. The van der Waals surface area contributed by atoms with Crippen LogP contribution in [-0.4, -0.2) is 16.4 Å². The quantitative estimate of drug-likeness (QED) is 0.268. The van der Waals surface area contributed by atoms with Gasteiger partial charge in [0.15, 0.2) is 18.2 Å². The molecular formula is C13H9FN3O+. The van der Waals surface area contributed by atoms with Crippen LogP contribution in [0.25, 0.3) is 0 Å². The molecule has 0 aliphatic carbocycles. The molecular weight excluding hydrogens is 233 g/mol. The van der Waals surface area contributed by atoms with Crippen LogP contribution in [0.3, 0.4) is 0 Å². The smallest absolute Gasteiger partial charge is 0.235 e. The molecule has 4 nitrogen and oxygen atoms in total. The second-order valence-corrected chi connectivity index (χ2v) is 3.33. The van der Waals surface area contributed by atoms with Crippen LogP contribution in [-0.2, 0) is 0 Å². The van der Waals surface area contributed by atoms with Crippen molar-refractivity contribution >= 4 is 6.21 Å². The van der Waals surface area contributed by atoms with Crippen molar-refractivity contribution in [2.75, 3.05) is 0 Å². The van der Waals surface area contributed by atoms with Crippen molar-refractivity contribution in [3.63, 3.8) is 0 Å². The normalized spacial score (nSPS) is 10.1. The lowest BCUT2D eigenvalue weighted by atomic mass is 10.3. The fourth-order valence-electron chi connectivity index (χ4n) is 1.27. The Morgan fingerprint density at radius 1 is 1.28 bits per heavy atom. The molecule has 0 unspecified atom stereocenters. The van der Waals surface area contributed by atoms with E-state index in [9.17, 15) is 4.39 Å². The van der Waals surface area contributed by atoms with Gasteiger partial charge in [0.2, 0.25) is 6.04 Å².